The van der Waals surface area contributed by atoms with Gasteiger partial charge in [-0.1, -0.05) is 29.8 Å². The lowest BCUT2D eigenvalue weighted by molar-refractivity contribution is 0.0601. The maximum Gasteiger partial charge on any atom is 0.337 e. The second kappa shape index (κ2) is 8.31. The van der Waals surface area contributed by atoms with Crippen LogP contribution in [0.25, 0.3) is 0 Å². The fourth-order valence-electron chi connectivity index (χ4n) is 2.58. The summed E-state index contributed by atoms with van der Waals surface area (Å²) in [5, 5.41) is 6.56. The normalized spacial score (nSPS) is 10.3. The molecule has 0 aliphatic carbocycles. The number of aromatic nitrogens is 2. The van der Waals surface area contributed by atoms with E-state index in [-0.39, 0.29) is 5.97 Å². The molecular weight excluding hydrogens is 340 g/mol. The van der Waals surface area contributed by atoms with Crippen LogP contribution in [0.4, 0.5) is 17.3 Å². The maximum atomic E-state index is 11.5. The van der Waals surface area contributed by atoms with E-state index >= 15 is 0 Å². The summed E-state index contributed by atoms with van der Waals surface area (Å²) in [5.74, 6) is 1.73. The topological polar surface area (TPSA) is 76.1 Å². The summed E-state index contributed by atoms with van der Waals surface area (Å²) in [6, 6.07) is 17.3. The van der Waals surface area contributed by atoms with E-state index in [9.17, 15) is 4.79 Å². The highest BCUT2D eigenvalue weighted by Gasteiger charge is 2.06. The number of esters is 1. The van der Waals surface area contributed by atoms with E-state index in [1.165, 1.54) is 18.2 Å². The van der Waals surface area contributed by atoms with Crippen LogP contribution >= 0.6 is 0 Å². The third-order valence-corrected chi connectivity index (χ3v) is 4.01. The van der Waals surface area contributed by atoms with E-state index in [0.29, 0.717) is 23.8 Å². The molecule has 6 nitrogen and oxygen atoms in total. The lowest BCUT2D eigenvalue weighted by atomic mass is 10.1. The number of hydrogen-bond acceptors (Lipinski definition) is 6. The summed E-state index contributed by atoms with van der Waals surface area (Å²) in [6.45, 7) is 4.60. The molecule has 0 radical (unpaired) electrons. The Morgan fingerprint density at radius 1 is 0.963 bits per heavy atom. The number of anilines is 3. The summed E-state index contributed by atoms with van der Waals surface area (Å²) in [6.07, 6.45) is 0. The smallest absolute Gasteiger partial charge is 0.337 e. The second-order valence-electron chi connectivity index (χ2n) is 6.22. The van der Waals surface area contributed by atoms with E-state index < -0.39 is 0 Å². The molecule has 0 aliphatic rings. The quantitative estimate of drug-likeness (QED) is 0.639. The van der Waals surface area contributed by atoms with Crippen LogP contribution < -0.4 is 10.6 Å². The van der Waals surface area contributed by atoms with Gasteiger partial charge in [-0.15, -0.1) is 0 Å². The molecule has 0 spiro atoms. The number of carbonyl (C=O) groups is 1. The van der Waals surface area contributed by atoms with Crippen molar-refractivity contribution in [2.24, 2.45) is 0 Å². The minimum atomic E-state index is -0.359. The van der Waals surface area contributed by atoms with Gasteiger partial charge < -0.3 is 15.4 Å². The van der Waals surface area contributed by atoms with Gasteiger partial charge in [-0.25, -0.2) is 14.8 Å². The van der Waals surface area contributed by atoms with E-state index in [0.717, 1.165) is 11.5 Å². The zero-order chi connectivity index (χ0) is 19.2. The standard InChI is InChI=1S/C21H22N4O2/c1-14-4-6-16(7-5-14)13-22-19-12-20(24-15(2)23-19)25-18-10-8-17(9-11-18)21(26)27-3/h4-12H,13H2,1-3H3,(H2,22,23,24,25). The van der Waals surface area contributed by atoms with E-state index in [1.807, 2.05) is 25.1 Å². The average Bonchev–Trinajstić information content (AvgIpc) is 2.67. The monoisotopic (exact) mass is 362 g/mol. The highest BCUT2D eigenvalue weighted by Crippen LogP contribution is 2.19. The van der Waals surface area contributed by atoms with Gasteiger partial charge in [0.1, 0.15) is 17.5 Å². The van der Waals surface area contributed by atoms with Gasteiger partial charge in [0.05, 0.1) is 12.7 Å². The van der Waals surface area contributed by atoms with Gasteiger partial charge in [0.15, 0.2) is 0 Å². The first-order chi connectivity index (χ1) is 13.0. The first-order valence-electron chi connectivity index (χ1n) is 8.64. The summed E-state index contributed by atoms with van der Waals surface area (Å²) in [5.41, 5.74) is 3.75. The van der Waals surface area contributed by atoms with Gasteiger partial charge in [0, 0.05) is 18.3 Å². The average molecular weight is 362 g/mol. The molecule has 3 rings (SSSR count). The third-order valence-electron chi connectivity index (χ3n) is 4.01. The zero-order valence-electron chi connectivity index (χ0n) is 15.6. The Labute approximate surface area is 158 Å². The van der Waals surface area contributed by atoms with Gasteiger partial charge in [-0.3, -0.25) is 0 Å². The van der Waals surface area contributed by atoms with Crippen LogP contribution in [-0.4, -0.2) is 23.0 Å². The summed E-state index contributed by atoms with van der Waals surface area (Å²) in [7, 11) is 1.36. The fraction of sp³-hybridized carbons (Fsp3) is 0.190. The van der Waals surface area contributed by atoms with Gasteiger partial charge in [-0.2, -0.15) is 0 Å². The molecule has 0 unspecified atom stereocenters. The van der Waals surface area contributed by atoms with Crippen LogP contribution in [0.5, 0.6) is 0 Å². The van der Waals surface area contributed by atoms with Gasteiger partial charge in [0.25, 0.3) is 0 Å². The predicted octanol–water partition coefficient (Wildman–Crippen LogP) is 4.24. The Morgan fingerprint density at radius 2 is 1.63 bits per heavy atom. The molecular formula is C21H22N4O2. The van der Waals surface area contributed by atoms with Crippen LogP contribution in [0.1, 0.15) is 27.3 Å². The predicted molar refractivity (Wildman–Crippen MR) is 106 cm³/mol. The molecule has 138 valence electrons. The largest absolute Gasteiger partial charge is 0.465 e. The van der Waals surface area contributed by atoms with Crippen molar-refractivity contribution in [2.45, 2.75) is 20.4 Å². The van der Waals surface area contributed by atoms with E-state index in [2.05, 4.69) is 51.8 Å². The second-order valence-corrected chi connectivity index (χ2v) is 6.22. The number of benzene rings is 2. The van der Waals surface area contributed by atoms with Crippen molar-refractivity contribution in [1.29, 1.82) is 0 Å². The fourth-order valence-corrected chi connectivity index (χ4v) is 2.58. The van der Waals surface area contributed by atoms with Crippen molar-refractivity contribution in [3.8, 4) is 0 Å². The van der Waals surface area contributed by atoms with Crippen molar-refractivity contribution in [2.75, 3.05) is 17.7 Å². The minimum absolute atomic E-state index is 0.359. The Kier molecular flexibility index (Phi) is 5.66. The van der Waals surface area contributed by atoms with Crippen LogP contribution in [0.3, 0.4) is 0 Å². The van der Waals surface area contributed by atoms with Crippen molar-refractivity contribution < 1.29 is 9.53 Å². The zero-order valence-corrected chi connectivity index (χ0v) is 15.6. The molecule has 0 amide bonds. The van der Waals surface area contributed by atoms with Gasteiger partial charge in [0.2, 0.25) is 0 Å². The molecule has 0 fully saturated rings. The molecule has 0 bridgehead atoms. The van der Waals surface area contributed by atoms with Crippen molar-refractivity contribution in [3.63, 3.8) is 0 Å². The molecule has 0 saturated carbocycles. The Morgan fingerprint density at radius 3 is 2.30 bits per heavy atom. The number of rotatable bonds is 6. The number of aryl methyl sites for hydroxylation is 2. The minimum Gasteiger partial charge on any atom is -0.465 e. The summed E-state index contributed by atoms with van der Waals surface area (Å²) in [4.78, 5) is 20.4. The Bertz CT molecular complexity index is 922. The molecule has 0 aliphatic heterocycles. The SMILES string of the molecule is COC(=O)c1ccc(Nc2cc(NCc3ccc(C)cc3)nc(C)n2)cc1. The lowest BCUT2D eigenvalue weighted by Gasteiger charge is -2.11. The summed E-state index contributed by atoms with van der Waals surface area (Å²) >= 11 is 0. The molecule has 1 aromatic heterocycles. The Balaban J connectivity index is 1.69. The first kappa shape index (κ1) is 18.4. The number of nitrogens with zero attached hydrogens (tertiary/aromatic N) is 2. The maximum absolute atomic E-state index is 11.5. The molecule has 2 aromatic carbocycles. The molecule has 0 atom stereocenters. The summed E-state index contributed by atoms with van der Waals surface area (Å²) < 4.78 is 4.71. The molecule has 2 N–H and O–H groups in total. The Hall–Kier alpha value is -3.41. The molecule has 27 heavy (non-hydrogen) atoms. The molecule has 0 saturated heterocycles. The van der Waals surface area contributed by atoms with Crippen LogP contribution in [0.15, 0.2) is 54.6 Å². The van der Waals surface area contributed by atoms with Crippen LogP contribution in [0.2, 0.25) is 0 Å². The highest BCUT2D eigenvalue weighted by atomic mass is 16.5. The molecule has 6 heteroatoms. The van der Waals surface area contributed by atoms with E-state index in [4.69, 9.17) is 4.74 Å². The van der Waals surface area contributed by atoms with Crippen molar-refractivity contribution in [3.05, 3.63) is 77.1 Å². The highest BCUT2D eigenvalue weighted by molar-refractivity contribution is 5.89. The third kappa shape index (κ3) is 5.04. The van der Waals surface area contributed by atoms with Crippen molar-refractivity contribution in [1.82, 2.24) is 9.97 Å². The number of ether oxygens (including phenoxy) is 1. The van der Waals surface area contributed by atoms with Crippen LogP contribution in [-0.2, 0) is 11.3 Å². The number of nitrogens with one attached hydrogen (secondary N) is 2. The van der Waals surface area contributed by atoms with Gasteiger partial charge in [-0.05, 0) is 43.7 Å². The van der Waals surface area contributed by atoms with Crippen LogP contribution in [0, 0.1) is 13.8 Å². The molecule has 3 aromatic rings. The number of carbonyl (C=O) groups excluding carboxylic acids is 1. The number of methoxy groups -OCH3 is 1. The first-order valence-corrected chi connectivity index (χ1v) is 8.64. The van der Waals surface area contributed by atoms with Crippen molar-refractivity contribution >= 4 is 23.3 Å². The van der Waals surface area contributed by atoms with Gasteiger partial charge >= 0.3 is 5.97 Å². The lowest BCUT2D eigenvalue weighted by Crippen LogP contribution is -2.05. The molecule has 1 heterocycles. The van der Waals surface area contributed by atoms with E-state index in [1.54, 1.807) is 12.1 Å². The number of hydrogen-bond donors (Lipinski definition) is 2.